The molecule has 0 unspecified atom stereocenters. The van der Waals surface area contributed by atoms with Gasteiger partial charge in [0.25, 0.3) is 0 Å². The predicted octanol–water partition coefficient (Wildman–Crippen LogP) is 2.20. The molecule has 2 N–H and O–H groups in total. The Hall–Kier alpha value is -1.97. The molecule has 4 nitrogen and oxygen atoms in total. The van der Waals surface area contributed by atoms with Gasteiger partial charge in [0.05, 0.1) is 12.6 Å². The third-order valence-electron chi connectivity index (χ3n) is 2.69. The predicted molar refractivity (Wildman–Crippen MR) is 72.6 cm³/mol. The first-order chi connectivity index (χ1) is 8.50. The molecule has 1 heterocycles. The molecule has 0 bridgehead atoms. The summed E-state index contributed by atoms with van der Waals surface area (Å²) in [7, 11) is 1.64. The zero-order chi connectivity index (χ0) is 13.2. The molecular weight excluding hydrogens is 228 g/mol. The summed E-state index contributed by atoms with van der Waals surface area (Å²) in [6.45, 7) is 4.64. The van der Waals surface area contributed by atoms with E-state index in [1.165, 1.54) is 0 Å². The van der Waals surface area contributed by atoms with Gasteiger partial charge in [0, 0.05) is 11.8 Å². The number of nitrogens with two attached hydrogens (primary N) is 1. The molecule has 0 aliphatic carbocycles. The minimum absolute atomic E-state index is 0.161. The van der Waals surface area contributed by atoms with E-state index in [4.69, 9.17) is 15.2 Å². The van der Waals surface area contributed by atoms with Crippen molar-refractivity contribution in [1.82, 2.24) is 0 Å². The monoisotopic (exact) mass is 246 g/mol. The van der Waals surface area contributed by atoms with E-state index in [0.717, 1.165) is 11.3 Å². The largest absolute Gasteiger partial charge is 0.497 e. The maximum Gasteiger partial charge on any atom is 0.211 e. The van der Waals surface area contributed by atoms with Gasteiger partial charge < -0.3 is 15.2 Å². The Morgan fingerprint density at radius 2 is 2.06 bits per heavy atom. The molecule has 0 amide bonds. The molecule has 1 aliphatic rings. The number of ether oxygens (including phenoxy) is 2. The Morgan fingerprint density at radius 3 is 2.56 bits per heavy atom. The summed E-state index contributed by atoms with van der Waals surface area (Å²) in [5.41, 5.74) is 7.41. The van der Waals surface area contributed by atoms with Gasteiger partial charge in [-0.1, -0.05) is 0 Å². The van der Waals surface area contributed by atoms with Crippen molar-refractivity contribution in [3.05, 3.63) is 35.9 Å². The summed E-state index contributed by atoms with van der Waals surface area (Å²) < 4.78 is 10.6. The molecule has 0 fully saturated rings. The van der Waals surface area contributed by atoms with Crippen LogP contribution in [0.3, 0.4) is 0 Å². The lowest BCUT2D eigenvalue weighted by molar-refractivity contribution is 0.280. The summed E-state index contributed by atoms with van der Waals surface area (Å²) in [5, 5.41) is 0. The van der Waals surface area contributed by atoms with Crippen LogP contribution in [-0.4, -0.2) is 25.2 Å². The van der Waals surface area contributed by atoms with E-state index < -0.39 is 0 Å². The van der Waals surface area contributed by atoms with Gasteiger partial charge >= 0.3 is 0 Å². The van der Waals surface area contributed by atoms with Crippen LogP contribution in [0.25, 0.3) is 5.70 Å². The van der Waals surface area contributed by atoms with E-state index in [-0.39, 0.29) is 5.54 Å². The number of rotatable bonds is 3. The fourth-order valence-electron chi connectivity index (χ4n) is 1.69. The first-order valence-corrected chi connectivity index (χ1v) is 5.84. The summed E-state index contributed by atoms with van der Waals surface area (Å²) >= 11 is 0. The SMILES string of the molecule is COc1ccc(/C(N)=C/C2=NC(C)(C)CO2)cc1. The first kappa shape index (κ1) is 12.5. The average molecular weight is 246 g/mol. The van der Waals surface area contributed by atoms with Crippen molar-refractivity contribution < 1.29 is 9.47 Å². The molecule has 4 heteroatoms. The molecule has 1 aromatic rings. The van der Waals surface area contributed by atoms with E-state index in [1.807, 2.05) is 38.1 Å². The van der Waals surface area contributed by atoms with E-state index >= 15 is 0 Å². The number of aliphatic imine (C=N–C) groups is 1. The van der Waals surface area contributed by atoms with Crippen molar-refractivity contribution in [1.29, 1.82) is 0 Å². The zero-order valence-electron chi connectivity index (χ0n) is 10.9. The summed E-state index contributed by atoms with van der Waals surface area (Å²) in [5.74, 6) is 1.40. The molecule has 0 saturated carbocycles. The summed E-state index contributed by atoms with van der Waals surface area (Å²) in [6, 6.07) is 7.56. The second kappa shape index (κ2) is 4.72. The van der Waals surface area contributed by atoms with Gasteiger partial charge in [-0.3, -0.25) is 0 Å². The van der Waals surface area contributed by atoms with Crippen LogP contribution in [0.4, 0.5) is 0 Å². The summed E-state index contributed by atoms with van der Waals surface area (Å²) in [4.78, 5) is 4.43. The Morgan fingerprint density at radius 1 is 1.39 bits per heavy atom. The quantitative estimate of drug-likeness (QED) is 0.889. The Labute approximate surface area is 107 Å². The van der Waals surface area contributed by atoms with Crippen LogP contribution in [0, 0.1) is 0 Å². The molecule has 0 spiro atoms. The van der Waals surface area contributed by atoms with Gasteiger partial charge in [-0.15, -0.1) is 0 Å². The molecule has 2 rings (SSSR count). The van der Waals surface area contributed by atoms with Gasteiger partial charge in [0.15, 0.2) is 0 Å². The second-order valence-corrected chi connectivity index (χ2v) is 4.88. The van der Waals surface area contributed by atoms with Gasteiger partial charge in [-0.05, 0) is 43.7 Å². The fraction of sp³-hybridized carbons (Fsp3) is 0.357. The smallest absolute Gasteiger partial charge is 0.211 e. The van der Waals surface area contributed by atoms with Crippen LogP contribution in [0.5, 0.6) is 5.75 Å². The topological polar surface area (TPSA) is 56.8 Å². The minimum atomic E-state index is -0.161. The van der Waals surface area contributed by atoms with Gasteiger partial charge in [0.1, 0.15) is 12.4 Å². The maximum absolute atomic E-state index is 6.01. The minimum Gasteiger partial charge on any atom is -0.497 e. The summed E-state index contributed by atoms with van der Waals surface area (Å²) in [6.07, 6.45) is 1.76. The molecule has 0 saturated heterocycles. The van der Waals surface area contributed by atoms with Crippen LogP contribution in [0.1, 0.15) is 19.4 Å². The second-order valence-electron chi connectivity index (χ2n) is 4.88. The molecule has 0 radical (unpaired) electrons. The number of methoxy groups -OCH3 is 1. The van der Waals surface area contributed by atoms with Crippen molar-refractivity contribution in [2.24, 2.45) is 10.7 Å². The van der Waals surface area contributed by atoms with Gasteiger partial charge in [-0.2, -0.15) is 0 Å². The van der Waals surface area contributed by atoms with Crippen LogP contribution < -0.4 is 10.5 Å². The Balaban J connectivity index is 2.18. The van der Waals surface area contributed by atoms with E-state index in [2.05, 4.69) is 4.99 Å². The maximum atomic E-state index is 6.01. The van der Waals surface area contributed by atoms with Crippen molar-refractivity contribution >= 4 is 11.6 Å². The van der Waals surface area contributed by atoms with E-state index in [1.54, 1.807) is 13.2 Å². The van der Waals surface area contributed by atoms with Crippen LogP contribution in [0.15, 0.2) is 35.3 Å². The average Bonchev–Trinajstić information content (AvgIpc) is 2.68. The normalized spacial score (nSPS) is 18.2. The lowest BCUT2D eigenvalue weighted by atomic mass is 10.1. The van der Waals surface area contributed by atoms with Gasteiger partial charge in [0.2, 0.25) is 5.90 Å². The van der Waals surface area contributed by atoms with Crippen molar-refractivity contribution in [2.45, 2.75) is 19.4 Å². The number of hydrogen-bond acceptors (Lipinski definition) is 4. The molecule has 1 aromatic carbocycles. The van der Waals surface area contributed by atoms with Gasteiger partial charge in [-0.25, -0.2) is 4.99 Å². The lowest BCUT2D eigenvalue weighted by Gasteiger charge is -2.07. The van der Waals surface area contributed by atoms with E-state index in [0.29, 0.717) is 18.2 Å². The standard InChI is InChI=1S/C14H18N2O2/c1-14(2)9-18-13(16-14)8-12(15)10-4-6-11(17-3)7-5-10/h4-8H,9,15H2,1-3H3/b12-8-. The molecular formula is C14H18N2O2. The fourth-order valence-corrected chi connectivity index (χ4v) is 1.69. The van der Waals surface area contributed by atoms with Crippen LogP contribution >= 0.6 is 0 Å². The van der Waals surface area contributed by atoms with E-state index in [9.17, 15) is 0 Å². The van der Waals surface area contributed by atoms with Crippen molar-refractivity contribution in [2.75, 3.05) is 13.7 Å². The number of hydrogen-bond donors (Lipinski definition) is 1. The van der Waals surface area contributed by atoms with Crippen LogP contribution in [0.2, 0.25) is 0 Å². The lowest BCUT2D eigenvalue weighted by Crippen LogP contribution is -2.17. The highest BCUT2D eigenvalue weighted by Gasteiger charge is 2.25. The van der Waals surface area contributed by atoms with Crippen LogP contribution in [-0.2, 0) is 4.74 Å². The third-order valence-corrected chi connectivity index (χ3v) is 2.69. The highest BCUT2D eigenvalue weighted by Crippen LogP contribution is 2.20. The molecule has 1 aliphatic heterocycles. The molecule has 18 heavy (non-hydrogen) atoms. The zero-order valence-corrected chi connectivity index (χ0v) is 10.9. The first-order valence-electron chi connectivity index (χ1n) is 5.84. The Kier molecular flexibility index (Phi) is 3.28. The van der Waals surface area contributed by atoms with Crippen molar-refractivity contribution in [3.8, 4) is 5.75 Å². The molecule has 0 aromatic heterocycles. The number of benzene rings is 1. The Bertz CT molecular complexity index is 487. The molecule has 96 valence electrons. The molecule has 0 atom stereocenters. The van der Waals surface area contributed by atoms with Crippen molar-refractivity contribution in [3.63, 3.8) is 0 Å². The highest BCUT2D eigenvalue weighted by atomic mass is 16.5. The number of nitrogens with zero attached hydrogens (tertiary/aromatic N) is 1. The highest BCUT2D eigenvalue weighted by molar-refractivity contribution is 5.95. The third kappa shape index (κ3) is 2.83.